The zero-order valence-electron chi connectivity index (χ0n) is 7.01. The fourth-order valence-corrected chi connectivity index (χ4v) is 1.34. The van der Waals surface area contributed by atoms with Crippen molar-refractivity contribution in [3.63, 3.8) is 0 Å². The Hall–Kier alpha value is -0.690. The quantitative estimate of drug-likeness (QED) is 0.683. The van der Waals surface area contributed by atoms with Crippen molar-refractivity contribution in [2.75, 3.05) is 0 Å². The topological polar surface area (TPSA) is 9.23 Å². The number of ether oxygens (including phenoxy) is 1. The van der Waals surface area contributed by atoms with Gasteiger partial charge in [0.15, 0.2) is 0 Å². The van der Waals surface area contributed by atoms with Crippen molar-refractivity contribution in [2.45, 2.75) is 25.9 Å². The van der Waals surface area contributed by atoms with E-state index in [1.807, 2.05) is 25.1 Å². The van der Waals surface area contributed by atoms with Crippen LogP contribution in [0, 0.1) is 6.92 Å². The van der Waals surface area contributed by atoms with Crippen LogP contribution in [0.25, 0.3) is 0 Å². The van der Waals surface area contributed by atoms with Crippen molar-refractivity contribution < 1.29 is 4.74 Å². The van der Waals surface area contributed by atoms with E-state index in [4.69, 9.17) is 16.3 Å². The Morgan fingerprint density at radius 1 is 1.42 bits per heavy atom. The molecule has 12 heavy (non-hydrogen) atoms. The molecule has 0 atom stereocenters. The fourth-order valence-electron chi connectivity index (χ4n) is 1.11. The highest BCUT2D eigenvalue weighted by molar-refractivity contribution is 6.30. The van der Waals surface area contributed by atoms with E-state index in [1.54, 1.807) is 0 Å². The Morgan fingerprint density at radius 3 is 2.75 bits per heavy atom. The molecule has 0 amide bonds. The van der Waals surface area contributed by atoms with Crippen molar-refractivity contribution in [3.05, 3.63) is 28.8 Å². The molecule has 1 aromatic rings. The Bertz CT molecular complexity index is 292. The minimum Gasteiger partial charge on any atom is -0.490 e. The molecule has 0 aromatic heterocycles. The molecule has 1 aliphatic rings. The molecule has 0 radical (unpaired) electrons. The van der Waals surface area contributed by atoms with Gasteiger partial charge in [-0.15, -0.1) is 0 Å². The van der Waals surface area contributed by atoms with Crippen LogP contribution >= 0.6 is 11.6 Å². The van der Waals surface area contributed by atoms with E-state index in [-0.39, 0.29) is 0 Å². The molecule has 1 nitrogen and oxygen atoms in total. The smallest absolute Gasteiger partial charge is 0.122 e. The van der Waals surface area contributed by atoms with E-state index < -0.39 is 0 Å². The monoisotopic (exact) mass is 182 g/mol. The van der Waals surface area contributed by atoms with E-state index in [9.17, 15) is 0 Å². The van der Waals surface area contributed by atoms with Gasteiger partial charge in [-0.25, -0.2) is 0 Å². The number of aryl methyl sites for hydroxylation is 1. The number of hydrogen-bond donors (Lipinski definition) is 0. The first-order chi connectivity index (χ1) is 5.75. The highest BCUT2D eigenvalue weighted by Gasteiger charge is 2.23. The first-order valence-electron chi connectivity index (χ1n) is 4.18. The fraction of sp³-hybridized carbons (Fsp3) is 0.400. The molecule has 0 unspecified atom stereocenters. The van der Waals surface area contributed by atoms with Crippen LogP contribution in [-0.2, 0) is 0 Å². The van der Waals surface area contributed by atoms with E-state index in [0.717, 1.165) is 16.3 Å². The third-order valence-corrected chi connectivity index (χ3v) is 2.19. The van der Waals surface area contributed by atoms with E-state index >= 15 is 0 Å². The summed E-state index contributed by atoms with van der Waals surface area (Å²) in [5.41, 5.74) is 1.12. The van der Waals surface area contributed by atoms with Crippen LogP contribution < -0.4 is 4.74 Å². The van der Waals surface area contributed by atoms with Gasteiger partial charge in [-0.2, -0.15) is 0 Å². The summed E-state index contributed by atoms with van der Waals surface area (Å²) >= 11 is 5.81. The van der Waals surface area contributed by atoms with Gasteiger partial charge in [-0.3, -0.25) is 0 Å². The molecule has 0 N–H and O–H groups in total. The van der Waals surface area contributed by atoms with Crippen LogP contribution in [0.5, 0.6) is 5.75 Å². The largest absolute Gasteiger partial charge is 0.490 e. The molecule has 1 fully saturated rings. The number of rotatable bonds is 2. The zero-order chi connectivity index (χ0) is 8.55. The summed E-state index contributed by atoms with van der Waals surface area (Å²) in [6.07, 6.45) is 2.86. The first-order valence-corrected chi connectivity index (χ1v) is 4.56. The highest BCUT2D eigenvalue weighted by atomic mass is 35.5. The summed E-state index contributed by atoms with van der Waals surface area (Å²) in [6.45, 7) is 2.02. The maximum atomic E-state index is 5.81. The maximum Gasteiger partial charge on any atom is 0.122 e. The highest BCUT2D eigenvalue weighted by Crippen LogP contribution is 2.29. The molecule has 0 spiro atoms. The van der Waals surface area contributed by atoms with E-state index in [1.165, 1.54) is 12.8 Å². The van der Waals surface area contributed by atoms with E-state index in [2.05, 4.69) is 0 Å². The Kier molecular flexibility index (Phi) is 1.97. The van der Waals surface area contributed by atoms with Crippen LogP contribution in [0.15, 0.2) is 18.2 Å². The molecular formula is C10H11ClO. The summed E-state index contributed by atoms with van der Waals surface area (Å²) in [5.74, 6) is 0.974. The number of halogens is 1. The van der Waals surface area contributed by atoms with Crippen molar-refractivity contribution in [2.24, 2.45) is 0 Å². The molecule has 0 aliphatic heterocycles. The van der Waals surface area contributed by atoms with Gasteiger partial charge in [0.05, 0.1) is 6.10 Å². The molecule has 0 saturated heterocycles. The Balaban J connectivity index is 2.18. The molecular weight excluding hydrogens is 172 g/mol. The predicted molar refractivity (Wildman–Crippen MR) is 49.8 cm³/mol. The summed E-state index contributed by atoms with van der Waals surface area (Å²) < 4.78 is 5.65. The Labute approximate surface area is 77.3 Å². The van der Waals surface area contributed by atoms with Gasteiger partial charge in [0, 0.05) is 5.02 Å². The summed E-state index contributed by atoms with van der Waals surface area (Å²) in [7, 11) is 0. The normalized spacial score (nSPS) is 16.2. The minimum atomic E-state index is 0.463. The summed E-state index contributed by atoms with van der Waals surface area (Å²) in [5, 5.41) is 0.774. The van der Waals surface area contributed by atoms with E-state index in [0.29, 0.717) is 6.10 Å². The van der Waals surface area contributed by atoms with Gasteiger partial charge in [0.2, 0.25) is 0 Å². The standard InChI is InChI=1S/C10H11ClO/c1-7-6-8(11)2-5-10(7)12-9-3-4-9/h2,5-6,9H,3-4H2,1H3. The third kappa shape index (κ3) is 1.72. The van der Waals surface area contributed by atoms with Gasteiger partial charge >= 0.3 is 0 Å². The minimum absolute atomic E-state index is 0.463. The lowest BCUT2D eigenvalue weighted by atomic mass is 10.2. The third-order valence-electron chi connectivity index (χ3n) is 1.95. The lowest BCUT2D eigenvalue weighted by Crippen LogP contribution is -1.97. The van der Waals surface area contributed by atoms with Crippen molar-refractivity contribution in [3.8, 4) is 5.75 Å². The molecule has 1 aromatic carbocycles. The molecule has 2 heteroatoms. The van der Waals surface area contributed by atoms with Crippen molar-refractivity contribution in [1.82, 2.24) is 0 Å². The second-order valence-electron chi connectivity index (χ2n) is 3.23. The molecule has 0 heterocycles. The lowest BCUT2D eigenvalue weighted by Gasteiger charge is -2.07. The number of benzene rings is 1. The molecule has 1 saturated carbocycles. The van der Waals surface area contributed by atoms with Crippen LogP contribution in [0.2, 0.25) is 5.02 Å². The Morgan fingerprint density at radius 2 is 2.17 bits per heavy atom. The van der Waals surface area contributed by atoms with Crippen LogP contribution in [0.1, 0.15) is 18.4 Å². The van der Waals surface area contributed by atoms with Crippen LogP contribution in [0.3, 0.4) is 0 Å². The molecule has 2 rings (SSSR count). The summed E-state index contributed by atoms with van der Waals surface area (Å²) in [6, 6.07) is 5.74. The van der Waals surface area contributed by atoms with Crippen molar-refractivity contribution in [1.29, 1.82) is 0 Å². The second kappa shape index (κ2) is 2.98. The van der Waals surface area contributed by atoms with Crippen molar-refractivity contribution >= 4 is 11.6 Å². The zero-order valence-corrected chi connectivity index (χ0v) is 7.77. The summed E-state index contributed by atoms with van der Waals surface area (Å²) in [4.78, 5) is 0. The predicted octanol–water partition coefficient (Wildman–Crippen LogP) is 3.19. The molecule has 1 aliphatic carbocycles. The molecule has 64 valence electrons. The van der Waals surface area contributed by atoms with Gasteiger partial charge in [-0.05, 0) is 43.5 Å². The van der Waals surface area contributed by atoms with Gasteiger partial charge < -0.3 is 4.74 Å². The van der Waals surface area contributed by atoms with Gasteiger partial charge in [0.1, 0.15) is 5.75 Å². The van der Waals surface area contributed by atoms with Gasteiger partial charge in [0.25, 0.3) is 0 Å². The number of hydrogen-bond acceptors (Lipinski definition) is 1. The molecule has 0 bridgehead atoms. The SMILES string of the molecule is Cc1cc(Cl)ccc1OC1CC1. The maximum absolute atomic E-state index is 5.81. The first kappa shape index (κ1) is 7.93. The van der Waals surface area contributed by atoms with Crippen LogP contribution in [-0.4, -0.2) is 6.10 Å². The second-order valence-corrected chi connectivity index (χ2v) is 3.66. The lowest BCUT2D eigenvalue weighted by molar-refractivity contribution is 0.301. The average Bonchev–Trinajstić information content (AvgIpc) is 2.79. The van der Waals surface area contributed by atoms with Gasteiger partial charge in [-0.1, -0.05) is 11.6 Å². The average molecular weight is 183 g/mol. The van der Waals surface area contributed by atoms with Crippen LogP contribution in [0.4, 0.5) is 0 Å².